The number of hydrogen-bond donors (Lipinski definition) is 1. The Bertz CT molecular complexity index is 1270. The second-order valence-corrected chi connectivity index (χ2v) is 9.10. The Hall–Kier alpha value is -3.37. The number of ether oxygens (including phenoxy) is 2. The Labute approximate surface area is 179 Å². The third-order valence-electron chi connectivity index (χ3n) is 5.36. The van der Waals surface area contributed by atoms with Gasteiger partial charge in [-0.05, 0) is 30.3 Å². The van der Waals surface area contributed by atoms with Crippen LogP contribution in [-0.4, -0.2) is 43.8 Å². The molecule has 10 heteroatoms. The average Bonchev–Trinajstić information content (AvgIpc) is 3.38. The van der Waals surface area contributed by atoms with Crippen LogP contribution >= 0.6 is 0 Å². The van der Waals surface area contributed by atoms with Crippen LogP contribution in [0.3, 0.4) is 0 Å². The van der Waals surface area contributed by atoms with E-state index >= 15 is 0 Å². The molecule has 3 heterocycles. The summed E-state index contributed by atoms with van der Waals surface area (Å²) in [5, 5.41) is 7.24. The molecule has 0 bridgehead atoms. The second kappa shape index (κ2) is 7.40. The molecular formula is C21H20N4O5S. The van der Waals surface area contributed by atoms with Gasteiger partial charge in [0, 0.05) is 20.1 Å². The molecule has 0 saturated carbocycles. The summed E-state index contributed by atoms with van der Waals surface area (Å²) >= 11 is 0. The molecule has 160 valence electrons. The molecule has 0 atom stereocenters. The summed E-state index contributed by atoms with van der Waals surface area (Å²) in [5.41, 5.74) is 2.21. The van der Waals surface area contributed by atoms with Gasteiger partial charge in [0.15, 0.2) is 0 Å². The largest absolute Gasteiger partial charge is 0.490 e. The summed E-state index contributed by atoms with van der Waals surface area (Å²) in [6.45, 7) is 1.97. The van der Waals surface area contributed by atoms with Gasteiger partial charge in [0.2, 0.25) is 5.88 Å². The van der Waals surface area contributed by atoms with Gasteiger partial charge in [0.25, 0.3) is 10.0 Å². The molecule has 0 radical (unpaired) electrons. The summed E-state index contributed by atoms with van der Waals surface area (Å²) in [4.78, 5) is 15.0. The quantitative estimate of drug-likeness (QED) is 0.613. The van der Waals surface area contributed by atoms with Gasteiger partial charge in [-0.3, -0.25) is 0 Å². The van der Waals surface area contributed by atoms with Crippen LogP contribution in [0.5, 0.6) is 11.6 Å². The fourth-order valence-electron chi connectivity index (χ4n) is 3.70. The third-order valence-corrected chi connectivity index (χ3v) is 6.99. The highest BCUT2D eigenvalue weighted by atomic mass is 32.2. The normalized spacial score (nSPS) is 15.2. The lowest BCUT2D eigenvalue weighted by Crippen LogP contribution is -2.29. The van der Waals surface area contributed by atoms with Crippen LogP contribution in [-0.2, 0) is 23.1 Å². The first-order valence-electron chi connectivity index (χ1n) is 9.77. The lowest BCUT2D eigenvalue weighted by Gasteiger charge is -2.27. The highest BCUT2D eigenvalue weighted by Gasteiger charge is 2.31. The molecule has 0 saturated heterocycles. The zero-order chi connectivity index (χ0) is 21.6. The molecule has 2 aliphatic heterocycles. The van der Waals surface area contributed by atoms with Crippen LogP contribution in [0.1, 0.15) is 21.6 Å². The number of aromatic nitrogens is 2. The lowest BCUT2D eigenvalue weighted by molar-refractivity contribution is 0.0724. The first-order chi connectivity index (χ1) is 14.9. The first kappa shape index (κ1) is 19.6. The predicted octanol–water partition coefficient (Wildman–Crippen LogP) is 1.77. The molecule has 31 heavy (non-hydrogen) atoms. The Morgan fingerprint density at radius 2 is 1.97 bits per heavy atom. The number of hydrogen-bond acceptors (Lipinski definition) is 8. The van der Waals surface area contributed by atoms with Crippen molar-refractivity contribution in [1.29, 1.82) is 0 Å². The van der Waals surface area contributed by atoms with Gasteiger partial charge in [0.05, 0.1) is 33.9 Å². The number of rotatable bonds is 4. The number of benzene rings is 2. The van der Waals surface area contributed by atoms with E-state index in [1.807, 2.05) is 11.9 Å². The van der Waals surface area contributed by atoms with E-state index in [1.165, 1.54) is 12.1 Å². The van der Waals surface area contributed by atoms with Gasteiger partial charge < -0.3 is 19.7 Å². The maximum absolute atomic E-state index is 13.1. The summed E-state index contributed by atoms with van der Waals surface area (Å²) < 4.78 is 38.3. The minimum absolute atomic E-state index is 0.0136. The summed E-state index contributed by atoms with van der Waals surface area (Å²) in [6.07, 6.45) is 0. The topological polar surface area (TPSA) is 103 Å². The smallest absolute Gasteiger partial charge is 0.345 e. The van der Waals surface area contributed by atoms with E-state index < -0.39 is 16.0 Å². The van der Waals surface area contributed by atoms with Gasteiger partial charge in [0.1, 0.15) is 12.4 Å². The van der Waals surface area contributed by atoms with E-state index in [9.17, 15) is 13.2 Å². The van der Waals surface area contributed by atoms with E-state index in [1.54, 1.807) is 36.4 Å². The molecule has 3 aromatic rings. The van der Waals surface area contributed by atoms with Crippen molar-refractivity contribution in [2.24, 2.45) is 0 Å². The number of likely N-dealkylation sites (N-methyl/N-ethyl adjacent to an activating group) is 1. The predicted molar refractivity (Wildman–Crippen MR) is 112 cm³/mol. The van der Waals surface area contributed by atoms with Gasteiger partial charge in [-0.2, -0.15) is 12.5 Å². The van der Waals surface area contributed by atoms with Crippen molar-refractivity contribution in [1.82, 2.24) is 14.5 Å². The number of nitrogens with zero attached hydrogens (tertiary/aromatic N) is 3. The number of esters is 1. The number of carbonyl (C=O) groups is 1. The van der Waals surface area contributed by atoms with Gasteiger partial charge in [-0.1, -0.05) is 18.2 Å². The third kappa shape index (κ3) is 3.33. The standard InChI is InChI=1S/C21H20N4O5S/c1-24-9-10-29-19-11-14(7-8-17(19)24)21(26)30-20-16-12-22-13-18(16)25(23-20)31(27,28)15-5-3-2-4-6-15/h2-8,11,22H,9-10,12-13H2,1H3. The maximum Gasteiger partial charge on any atom is 0.345 e. The van der Waals surface area contributed by atoms with Crippen molar-refractivity contribution in [2.75, 3.05) is 25.1 Å². The lowest BCUT2D eigenvalue weighted by atomic mass is 10.1. The highest BCUT2D eigenvalue weighted by molar-refractivity contribution is 7.89. The van der Waals surface area contributed by atoms with E-state index in [0.29, 0.717) is 42.3 Å². The van der Waals surface area contributed by atoms with Crippen LogP contribution in [0.25, 0.3) is 0 Å². The minimum Gasteiger partial charge on any atom is -0.490 e. The Morgan fingerprint density at radius 1 is 1.16 bits per heavy atom. The van der Waals surface area contributed by atoms with Crippen molar-refractivity contribution in [3.05, 3.63) is 65.4 Å². The van der Waals surface area contributed by atoms with Gasteiger partial charge in [-0.15, -0.1) is 5.10 Å². The molecule has 1 N–H and O–H groups in total. The van der Waals surface area contributed by atoms with Crippen molar-refractivity contribution < 1.29 is 22.7 Å². The Balaban J connectivity index is 1.47. The van der Waals surface area contributed by atoms with E-state index in [-0.39, 0.29) is 10.8 Å². The second-order valence-electron chi connectivity index (χ2n) is 7.34. The average molecular weight is 440 g/mol. The highest BCUT2D eigenvalue weighted by Crippen LogP contribution is 2.33. The number of anilines is 1. The Morgan fingerprint density at radius 3 is 2.77 bits per heavy atom. The molecule has 0 amide bonds. The first-order valence-corrected chi connectivity index (χ1v) is 11.2. The van der Waals surface area contributed by atoms with Crippen molar-refractivity contribution in [3.63, 3.8) is 0 Å². The van der Waals surface area contributed by atoms with E-state index in [2.05, 4.69) is 10.4 Å². The van der Waals surface area contributed by atoms with E-state index in [0.717, 1.165) is 16.3 Å². The van der Waals surface area contributed by atoms with Crippen molar-refractivity contribution in [2.45, 2.75) is 18.0 Å². The van der Waals surface area contributed by atoms with Crippen molar-refractivity contribution >= 4 is 21.7 Å². The molecule has 9 nitrogen and oxygen atoms in total. The van der Waals surface area contributed by atoms with Gasteiger partial charge >= 0.3 is 5.97 Å². The molecule has 2 aliphatic rings. The number of fused-ring (bicyclic) bond motifs is 2. The molecule has 0 aliphatic carbocycles. The van der Waals surface area contributed by atoms with Crippen molar-refractivity contribution in [3.8, 4) is 11.6 Å². The van der Waals surface area contributed by atoms with Crippen LogP contribution in [0.4, 0.5) is 5.69 Å². The molecule has 1 aromatic heterocycles. The monoisotopic (exact) mass is 440 g/mol. The van der Waals surface area contributed by atoms with Gasteiger partial charge in [-0.25, -0.2) is 4.79 Å². The molecule has 0 spiro atoms. The van der Waals surface area contributed by atoms with E-state index in [4.69, 9.17) is 9.47 Å². The van der Waals surface area contributed by atoms with Crippen LogP contribution in [0, 0.1) is 0 Å². The summed E-state index contributed by atoms with van der Waals surface area (Å²) in [6, 6.07) is 13.1. The fourth-order valence-corrected chi connectivity index (χ4v) is 5.05. The molecular weight excluding hydrogens is 420 g/mol. The zero-order valence-corrected chi connectivity index (χ0v) is 17.6. The fraction of sp³-hybridized carbons (Fsp3) is 0.238. The molecule has 5 rings (SSSR count). The Kier molecular flexibility index (Phi) is 4.67. The zero-order valence-electron chi connectivity index (χ0n) is 16.7. The number of nitrogens with one attached hydrogen (secondary N) is 1. The summed E-state index contributed by atoms with van der Waals surface area (Å²) in [7, 11) is -1.96. The molecule has 2 aromatic carbocycles. The molecule has 0 fully saturated rings. The van der Waals surface area contributed by atoms with Crippen LogP contribution < -0.4 is 19.7 Å². The van der Waals surface area contributed by atoms with Crippen LogP contribution in [0.15, 0.2) is 53.4 Å². The maximum atomic E-state index is 13.1. The minimum atomic E-state index is -3.91. The SMILES string of the molecule is CN1CCOc2cc(C(=O)Oc3nn(S(=O)(=O)c4ccccc4)c4c3CNC4)ccc21. The van der Waals surface area contributed by atoms with Crippen LogP contribution in [0.2, 0.25) is 0 Å². The number of carbonyl (C=O) groups excluding carboxylic acids is 1. The molecule has 0 unspecified atom stereocenters. The summed E-state index contributed by atoms with van der Waals surface area (Å²) in [5.74, 6) is -0.0383.